The van der Waals surface area contributed by atoms with Gasteiger partial charge in [-0.2, -0.15) is 0 Å². The van der Waals surface area contributed by atoms with Crippen molar-refractivity contribution in [2.24, 2.45) is 11.7 Å². The highest BCUT2D eigenvalue weighted by Crippen LogP contribution is 2.23. The zero-order valence-electron chi connectivity index (χ0n) is 15.0. The van der Waals surface area contributed by atoms with E-state index in [0.29, 0.717) is 32.0 Å². The van der Waals surface area contributed by atoms with Crippen LogP contribution < -0.4 is 16.4 Å². The summed E-state index contributed by atoms with van der Waals surface area (Å²) in [6.45, 7) is 1.49. The van der Waals surface area contributed by atoms with Crippen molar-refractivity contribution in [2.45, 2.75) is 44.7 Å². The number of benzene rings is 1. The molecule has 0 heterocycles. The summed E-state index contributed by atoms with van der Waals surface area (Å²) in [6, 6.07) is 9.82. The van der Waals surface area contributed by atoms with Gasteiger partial charge in [-0.1, -0.05) is 43.2 Å². The maximum Gasteiger partial charge on any atom is 0.317 e. The van der Waals surface area contributed by atoms with Gasteiger partial charge in [0, 0.05) is 32.6 Å². The van der Waals surface area contributed by atoms with Crippen molar-refractivity contribution in [3.63, 3.8) is 0 Å². The van der Waals surface area contributed by atoms with Gasteiger partial charge in [0.1, 0.15) is 0 Å². The molecule has 2 rings (SSSR count). The molecule has 0 aliphatic heterocycles. The Morgan fingerprint density at radius 2 is 1.92 bits per heavy atom. The third-order valence-corrected chi connectivity index (χ3v) is 4.80. The molecule has 6 heteroatoms. The van der Waals surface area contributed by atoms with Crippen LogP contribution in [0.15, 0.2) is 30.3 Å². The second kappa shape index (κ2) is 10.0. The number of nitrogens with one attached hydrogen (secondary N) is 2. The van der Waals surface area contributed by atoms with E-state index in [1.807, 2.05) is 30.3 Å². The lowest BCUT2D eigenvalue weighted by Gasteiger charge is -2.31. The van der Waals surface area contributed by atoms with E-state index in [9.17, 15) is 9.59 Å². The van der Waals surface area contributed by atoms with Crippen molar-refractivity contribution in [3.05, 3.63) is 35.9 Å². The molecular formula is C19H30N4O2. The molecule has 1 aliphatic rings. The molecule has 0 aromatic heterocycles. The zero-order chi connectivity index (χ0) is 18.1. The largest absolute Gasteiger partial charge is 0.353 e. The Morgan fingerprint density at radius 1 is 1.20 bits per heavy atom. The Balaban J connectivity index is 1.67. The summed E-state index contributed by atoms with van der Waals surface area (Å²) in [7, 11) is 1.75. The van der Waals surface area contributed by atoms with Crippen LogP contribution >= 0.6 is 0 Å². The first-order chi connectivity index (χ1) is 12.1. The van der Waals surface area contributed by atoms with Gasteiger partial charge >= 0.3 is 6.03 Å². The summed E-state index contributed by atoms with van der Waals surface area (Å²) in [4.78, 5) is 25.8. The molecule has 0 spiro atoms. The number of carbonyl (C=O) groups is 2. The molecule has 3 amide bonds. The summed E-state index contributed by atoms with van der Waals surface area (Å²) < 4.78 is 0. The van der Waals surface area contributed by atoms with Gasteiger partial charge in [0.15, 0.2) is 0 Å². The minimum Gasteiger partial charge on any atom is -0.353 e. The molecule has 1 aromatic rings. The van der Waals surface area contributed by atoms with Crippen LogP contribution in [0.3, 0.4) is 0 Å². The topological polar surface area (TPSA) is 87.5 Å². The zero-order valence-corrected chi connectivity index (χ0v) is 15.0. The van der Waals surface area contributed by atoms with E-state index in [1.165, 1.54) is 6.42 Å². The number of amides is 3. The van der Waals surface area contributed by atoms with E-state index in [0.717, 1.165) is 24.8 Å². The number of hydrogen-bond acceptors (Lipinski definition) is 3. The normalized spacial score (nSPS) is 19.9. The number of rotatable bonds is 7. The fourth-order valence-electron chi connectivity index (χ4n) is 3.31. The van der Waals surface area contributed by atoms with Crippen LogP contribution in [0.5, 0.6) is 0 Å². The van der Waals surface area contributed by atoms with Gasteiger partial charge in [-0.25, -0.2) is 4.79 Å². The lowest BCUT2D eigenvalue weighted by molar-refractivity contribution is -0.122. The minimum absolute atomic E-state index is 0.0173. The molecule has 1 saturated carbocycles. The van der Waals surface area contributed by atoms with Crippen molar-refractivity contribution in [2.75, 3.05) is 20.1 Å². The van der Waals surface area contributed by atoms with Crippen molar-refractivity contribution in [1.29, 1.82) is 0 Å². The van der Waals surface area contributed by atoms with E-state index in [4.69, 9.17) is 5.73 Å². The molecule has 138 valence electrons. The Kier molecular flexibility index (Phi) is 7.73. The van der Waals surface area contributed by atoms with Gasteiger partial charge in [0.2, 0.25) is 5.91 Å². The van der Waals surface area contributed by atoms with Crippen molar-refractivity contribution >= 4 is 11.9 Å². The predicted molar refractivity (Wildman–Crippen MR) is 98.9 cm³/mol. The number of nitrogens with two attached hydrogens (primary N) is 1. The van der Waals surface area contributed by atoms with Crippen LogP contribution in [0.4, 0.5) is 4.79 Å². The van der Waals surface area contributed by atoms with Gasteiger partial charge in [0.25, 0.3) is 0 Å². The molecule has 1 fully saturated rings. The van der Waals surface area contributed by atoms with E-state index in [2.05, 4.69) is 10.6 Å². The molecule has 25 heavy (non-hydrogen) atoms. The molecule has 0 radical (unpaired) electrons. The smallest absolute Gasteiger partial charge is 0.317 e. The maximum atomic E-state index is 12.1. The van der Waals surface area contributed by atoms with Gasteiger partial charge < -0.3 is 21.3 Å². The molecule has 4 N–H and O–H groups in total. The van der Waals surface area contributed by atoms with Crippen LogP contribution in [-0.2, 0) is 11.3 Å². The Bertz CT molecular complexity index is 550. The second-order valence-electron chi connectivity index (χ2n) is 6.78. The molecule has 2 atom stereocenters. The van der Waals surface area contributed by atoms with E-state index >= 15 is 0 Å². The molecular weight excluding hydrogens is 316 g/mol. The van der Waals surface area contributed by atoms with E-state index < -0.39 is 0 Å². The molecule has 0 saturated heterocycles. The standard InChI is InChI=1S/C19H30N4O2/c1-23(14-15-7-3-2-4-8-15)19(25)21-12-11-18(24)22-17-10-6-5-9-16(17)13-20/h2-4,7-8,16-17H,5-6,9-14,20H2,1H3,(H,21,25)(H,22,24). The van der Waals surface area contributed by atoms with E-state index in [-0.39, 0.29) is 18.0 Å². The summed E-state index contributed by atoms with van der Waals surface area (Å²) in [5.41, 5.74) is 6.86. The average Bonchev–Trinajstić information content (AvgIpc) is 2.63. The minimum atomic E-state index is -0.172. The molecule has 1 aromatic carbocycles. The van der Waals surface area contributed by atoms with Gasteiger partial charge in [-0.3, -0.25) is 4.79 Å². The van der Waals surface area contributed by atoms with Crippen LogP contribution in [0.1, 0.15) is 37.7 Å². The van der Waals surface area contributed by atoms with Gasteiger partial charge in [0.05, 0.1) is 0 Å². The quantitative estimate of drug-likeness (QED) is 0.704. The SMILES string of the molecule is CN(Cc1ccccc1)C(=O)NCCC(=O)NC1CCCCC1CN. The summed E-state index contributed by atoms with van der Waals surface area (Å²) in [5, 5.41) is 5.88. The fraction of sp³-hybridized carbons (Fsp3) is 0.579. The van der Waals surface area contributed by atoms with Crippen LogP contribution in [-0.4, -0.2) is 43.0 Å². The molecule has 6 nitrogen and oxygen atoms in total. The van der Waals surface area contributed by atoms with Crippen LogP contribution in [0.2, 0.25) is 0 Å². The fourth-order valence-corrected chi connectivity index (χ4v) is 3.31. The number of nitrogens with zero attached hydrogens (tertiary/aromatic N) is 1. The number of hydrogen-bond donors (Lipinski definition) is 3. The number of carbonyl (C=O) groups excluding carboxylic acids is 2. The van der Waals surface area contributed by atoms with E-state index in [1.54, 1.807) is 11.9 Å². The molecule has 1 aliphatic carbocycles. The van der Waals surface area contributed by atoms with Crippen molar-refractivity contribution in [3.8, 4) is 0 Å². The highest BCUT2D eigenvalue weighted by Gasteiger charge is 2.25. The first-order valence-electron chi connectivity index (χ1n) is 9.12. The second-order valence-corrected chi connectivity index (χ2v) is 6.78. The van der Waals surface area contributed by atoms with Crippen LogP contribution in [0.25, 0.3) is 0 Å². The highest BCUT2D eigenvalue weighted by atomic mass is 16.2. The first kappa shape index (κ1) is 19.2. The van der Waals surface area contributed by atoms with Crippen molar-refractivity contribution < 1.29 is 9.59 Å². The Hall–Kier alpha value is -2.08. The summed E-state index contributed by atoms with van der Waals surface area (Å²) in [5.74, 6) is 0.362. The first-order valence-corrected chi connectivity index (χ1v) is 9.12. The Morgan fingerprint density at radius 3 is 2.64 bits per heavy atom. The molecule has 0 bridgehead atoms. The lowest BCUT2D eigenvalue weighted by Crippen LogP contribution is -2.45. The summed E-state index contributed by atoms with van der Waals surface area (Å²) >= 11 is 0. The third kappa shape index (κ3) is 6.38. The van der Waals surface area contributed by atoms with Crippen LogP contribution in [0, 0.1) is 5.92 Å². The Labute approximate surface area is 150 Å². The summed E-state index contributed by atoms with van der Waals surface area (Å²) in [6.07, 6.45) is 4.71. The van der Waals surface area contributed by atoms with Gasteiger partial charge in [-0.05, 0) is 30.9 Å². The monoisotopic (exact) mass is 346 g/mol. The predicted octanol–water partition coefficient (Wildman–Crippen LogP) is 1.85. The van der Waals surface area contributed by atoms with Gasteiger partial charge in [-0.15, -0.1) is 0 Å². The average molecular weight is 346 g/mol. The maximum absolute atomic E-state index is 12.1. The number of urea groups is 1. The third-order valence-electron chi connectivity index (χ3n) is 4.80. The molecule has 2 unspecified atom stereocenters. The lowest BCUT2D eigenvalue weighted by atomic mass is 9.84. The van der Waals surface area contributed by atoms with Crippen molar-refractivity contribution in [1.82, 2.24) is 15.5 Å². The highest BCUT2D eigenvalue weighted by molar-refractivity contribution is 5.78.